The van der Waals surface area contributed by atoms with E-state index in [1.54, 1.807) is 0 Å². The quantitative estimate of drug-likeness (QED) is 0.327. The summed E-state index contributed by atoms with van der Waals surface area (Å²) in [5.41, 5.74) is 10.7. The molecule has 0 bridgehead atoms. The average Bonchev–Trinajstić information content (AvgIpc) is 2.92. The first-order chi connectivity index (χ1) is 17.9. The van der Waals surface area contributed by atoms with Crippen LogP contribution in [0.25, 0.3) is 0 Å². The smallest absolute Gasteiger partial charge is 0.256 e. The van der Waals surface area contributed by atoms with Gasteiger partial charge < -0.3 is 19.1 Å². The minimum absolute atomic E-state index is 0.0599. The first kappa shape index (κ1) is 17.8. The predicted molar refractivity (Wildman–Crippen MR) is 144 cm³/mol. The predicted octanol–water partition coefficient (Wildman–Crippen LogP) is 3.13. The Morgan fingerprint density at radius 3 is 1.42 bits per heavy atom. The highest BCUT2D eigenvalue weighted by Gasteiger charge is 2.52. The Bertz CT molecular complexity index is 1740. The maximum absolute atomic E-state index is 6.60. The Hall–Kier alpha value is -4.57. The van der Waals surface area contributed by atoms with E-state index in [1.165, 1.54) is 38.5 Å². The molecule has 36 heavy (non-hydrogen) atoms. The van der Waals surface area contributed by atoms with Crippen LogP contribution >= 0.6 is 0 Å². The number of hydrogen-bond donors (Lipinski definition) is 0. The second-order valence-electron chi connectivity index (χ2n) is 10.0. The highest BCUT2D eigenvalue weighted by atomic mass is 16.5. The molecule has 0 spiro atoms. The number of nitrogens with zero attached hydrogens (tertiary/aromatic N) is 1. The molecule has 5 aliphatic rings. The van der Waals surface area contributed by atoms with Crippen molar-refractivity contribution < 1.29 is 14.2 Å². The molecule has 0 aliphatic carbocycles. The zero-order chi connectivity index (χ0) is 23.1. The third kappa shape index (κ3) is 1.85. The Morgan fingerprint density at radius 2 is 0.861 bits per heavy atom. The summed E-state index contributed by atoms with van der Waals surface area (Å²) < 4.78 is 19.8. The van der Waals surface area contributed by atoms with Crippen LogP contribution in [-0.4, -0.2) is 13.4 Å². The zero-order valence-corrected chi connectivity index (χ0v) is 19.0. The fraction of sp³-hybridized carbons (Fsp3) is 0. The molecule has 0 fully saturated rings. The summed E-state index contributed by atoms with van der Waals surface area (Å²) in [5, 5.41) is 0. The lowest BCUT2D eigenvalue weighted by Crippen LogP contribution is -2.67. The summed E-state index contributed by atoms with van der Waals surface area (Å²) in [5.74, 6) is 5.32. The lowest BCUT2D eigenvalue weighted by molar-refractivity contribution is 0.464. The molecule has 5 aromatic rings. The summed E-state index contributed by atoms with van der Waals surface area (Å²) in [7, 11) is 0. The maximum Gasteiger partial charge on any atom is 0.256 e. The molecule has 0 saturated carbocycles. The van der Waals surface area contributed by atoms with Gasteiger partial charge >= 0.3 is 0 Å². The molecule has 5 aliphatic heterocycles. The van der Waals surface area contributed by atoms with Crippen LogP contribution in [0.2, 0.25) is 0 Å². The number of para-hydroxylation sites is 4. The second-order valence-corrected chi connectivity index (χ2v) is 10.0. The normalized spacial score (nSPS) is 15.2. The van der Waals surface area contributed by atoms with Crippen LogP contribution in [-0.2, 0) is 0 Å². The van der Waals surface area contributed by atoms with Crippen molar-refractivity contribution >= 4 is 63.3 Å². The third-order valence-electron chi connectivity index (χ3n) is 8.35. The van der Waals surface area contributed by atoms with Crippen LogP contribution in [0.15, 0.2) is 91.0 Å². The van der Waals surface area contributed by atoms with Crippen molar-refractivity contribution in [1.29, 1.82) is 0 Å². The standard InChI is InChI=1S/C30H15B2NO3/c1-3-11-20-16(7-1)31-18-9-5-13-22-28(18)33-29-19(10-6-14-23(29)36-22)32-17-8-2-4-12-21(17)35-25-15-24(34-20)26(31)30(33)27(25)32/h1-15H. The Kier molecular flexibility index (Phi) is 2.87. The summed E-state index contributed by atoms with van der Waals surface area (Å²) in [6.45, 7) is 0.120. The summed E-state index contributed by atoms with van der Waals surface area (Å²) >= 11 is 0. The van der Waals surface area contributed by atoms with E-state index in [2.05, 4.69) is 83.8 Å². The van der Waals surface area contributed by atoms with Gasteiger partial charge in [-0.15, -0.1) is 0 Å². The molecular weight excluding hydrogens is 444 g/mol. The van der Waals surface area contributed by atoms with E-state index >= 15 is 0 Å². The fourth-order valence-corrected chi connectivity index (χ4v) is 7.08. The molecule has 10 rings (SSSR count). The second kappa shape index (κ2) is 5.80. The van der Waals surface area contributed by atoms with Crippen molar-refractivity contribution in [1.82, 2.24) is 0 Å². The van der Waals surface area contributed by atoms with Crippen LogP contribution < -0.4 is 51.9 Å². The van der Waals surface area contributed by atoms with E-state index in [1.807, 2.05) is 12.1 Å². The number of rotatable bonds is 0. The van der Waals surface area contributed by atoms with Crippen molar-refractivity contribution in [2.75, 3.05) is 4.90 Å². The van der Waals surface area contributed by atoms with Gasteiger partial charge in [0.1, 0.15) is 23.0 Å². The minimum atomic E-state index is 0.0599. The van der Waals surface area contributed by atoms with Crippen molar-refractivity contribution in [2.24, 2.45) is 0 Å². The topological polar surface area (TPSA) is 30.9 Å². The molecule has 0 radical (unpaired) electrons. The van der Waals surface area contributed by atoms with Crippen LogP contribution in [0.3, 0.4) is 0 Å². The molecule has 4 nitrogen and oxygen atoms in total. The third-order valence-corrected chi connectivity index (χ3v) is 8.35. The van der Waals surface area contributed by atoms with Gasteiger partial charge in [0, 0.05) is 11.8 Å². The molecule has 0 amide bonds. The minimum Gasteiger partial charge on any atom is -0.458 e. The molecule has 0 atom stereocenters. The van der Waals surface area contributed by atoms with Gasteiger partial charge in [0.05, 0.1) is 11.4 Å². The largest absolute Gasteiger partial charge is 0.458 e. The highest BCUT2D eigenvalue weighted by Crippen LogP contribution is 2.53. The number of ether oxygens (including phenoxy) is 3. The Morgan fingerprint density at radius 1 is 0.417 bits per heavy atom. The van der Waals surface area contributed by atoms with Gasteiger partial charge in [-0.25, -0.2) is 0 Å². The summed E-state index contributed by atoms with van der Waals surface area (Å²) in [6, 6.07) is 31.8. The first-order valence-corrected chi connectivity index (χ1v) is 12.3. The van der Waals surface area contributed by atoms with Gasteiger partial charge in [0.15, 0.2) is 11.5 Å². The molecule has 0 unspecified atom stereocenters. The Labute approximate surface area is 207 Å². The van der Waals surface area contributed by atoms with Gasteiger partial charge in [-0.3, -0.25) is 0 Å². The molecule has 0 saturated heterocycles. The highest BCUT2D eigenvalue weighted by molar-refractivity contribution is 7.03. The molecule has 0 aromatic heterocycles. The van der Waals surface area contributed by atoms with E-state index in [0.29, 0.717) is 0 Å². The molecule has 164 valence electrons. The fourth-order valence-electron chi connectivity index (χ4n) is 7.08. The van der Waals surface area contributed by atoms with E-state index in [9.17, 15) is 0 Å². The lowest BCUT2D eigenvalue weighted by Gasteiger charge is -2.49. The summed E-state index contributed by atoms with van der Waals surface area (Å²) in [6.07, 6.45) is 0. The SMILES string of the molecule is c1ccc2c(c1)Oc1cc3c4c5c1B2c1cccc2c1N5c1c(cccc1B4c1ccccc1O3)O2. The monoisotopic (exact) mass is 459 g/mol. The van der Waals surface area contributed by atoms with E-state index in [0.717, 1.165) is 45.9 Å². The van der Waals surface area contributed by atoms with E-state index in [-0.39, 0.29) is 13.4 Å². The Balaban J connectivity index is 1.42. The molecule has 5 heterocycles. The van der Waals surface area contributed by atoms with Gasteiger partial charge in [-0.05, 0) is 57.0 Å². The van der Waals surface area contributed by atoms with Gasteiger partial charge in [-0.2, -0.15) is 0 Å². The zero-order valence-electron chi connectivity index (χ0n) is 19.0. The number of fused-ring (bicyclic) bond motifs is 6. The summed E-state index contributed by atoms with van der Waals surface area (Å²) in [4.78, 5) is 2.43. The van der Waals surface area contributed by atoms with Crippen molar-refractivity contribution in [3.63, 3.8) is 0 Å². The lowest BCUT2D eigenvalue weighted by atomic mass is 9.29. The van der Waals surface area contributed by atoms with Gasteiger partial charge in [0.25, 0.3) is 13.4 Å². The first-order valence-electron chi connectivity index (χ1n) is 12.3. The number of anilines is 3. The van der Waals surface area contributed by atoms with E-state index in [4.69, 9.17) is 14.2 Å². The van der Waals surface area contributed by atoms with Crippen molar-refractivity contribution in [2.45, 2.75) is 0 Å². The van der Waals surface area contributed by atoms with Gasteiger partial charge in [0.2, 0.25) is 0 Å². The van der Waals surface area contributed by atoms with Crippen LogP contribution in [0.4, 0.5) is 17.1 Å². The van der Waals surface area contributed by atoms with Crippen molar-refractivity contribution in [3.8, 4) is 34.5 Å². The molecular formula is C30H15B2NO3. The number of benzene rings is 5. The van der Waals surface area contributed by atoms with E-state index < -0.39 is 0 Å². The molecule has 5 aromatic carbocycles. The van der Waals surface area contributed by atoms with Crippen LogP contribution in [0.5, 0.6) is 34.5 Å². The van der Waals surface area contributed by atoms with Gasteiger partial charge in [-0.1, -0.05) is 60.7 Å². The van der Waals surface area contributed by atoms with Crippen LogP contribution in [0, 0.1) is 0 Å². The maximum atomic E-state index is 6.60. The molecule has 6 heteroatoms. The van der Waals surface area contributed by atoms with Crippen molar-refractivity contribution in [3.05, 3.63) is 91.0 Å². The number of hydrogen-bond acceptors (Lipinski definition) is 4. The van der Waals surface area contributed by atoms with Crippen LogP contribution in [0.1, 0.15) is 0 Å². The average molecular weight is 459 g/mol. The molecule has 0 N–H and O–H groups in total.